The van der Waals surface area contributed by atoms with Gasteiger partial charge in [0, 0.05) is 29.8 Å². The number of nitrogens with one attached hydrogen (secondary N) is 1. The first-order chi connectivity index (χ1) is 13.1. The predicted molar refractivity (Wildman–Crippen MR) is 106 cm³/mol. The SMILES string of the molecule is CC(C)c1cc(-c2ccc(F)c3ccccc23)nc(NCC2CCCO2)n1.[Na+]. The van der Waals surface area contributed by atoms with E-state index in [4.69, 9.17) is 9.72 Å². The van der Waals surface area contributed by atoms with Gasteiger partial charge >= 0.3 is 29.6 Å². The molecule has 1 aliphatic heterocycles. The minimum absolute atomic E-state index is 0. The van der Waals surface area contributed by atoms with E-state index in [1.807, 2.05) is 24.3 Å². The third kappa shape index (κ3) is 4.54. The van der Waals surface area contributed by atoms with Gasteiger partial charge in [0.05, 0.1) is 11.8 Å². The van der Waals surface area contributed by atoms with Crippen LogP contribution < -0.4 is 34.9 Å². The van der Waals surface area contributed by atoms with Crippen LogP contribution in [0, 0.1) is 5.82 Å². The Labute approximate surface area is 187 Å². The number of nitrogens with zero attached hydrogens (tertiary/aromatic N) is 2. The van der Waals surface area contributed by atoms with E-state index in [0.29, 0.717) is 17.9 Å². The smallest absolute Gasteiger partial charge is 0.376 e. The van der Waals surface area contributed by atoms with Crippen LogP contribution in [0.1, 0.15) is 38.3 Å². The topological polar surface area (TPSA) is 47.0 Å². The maximum Gasteiger partial charge on any atom is 1.00 e. The minimum Gasteiger partial charge on any atom is -0.376 e. The number of hydrogen-bond donors (Lipinski definition) is 1. The first kappa shape index (κ1) is 21.2. The Morgan fingerprint density at radius 3 is 2.64 bits per heavy atom. The van der Waals surface area contributed by atoms with Crippen molar-refractivity contribution in [2.75, 3.05) is 18.5 Å². The summed E-state index contributed by atoms with van der Waals surface area (Å²) in [5.74, 6) is 0.645. The number of benzene rings is 2. The van der Waals surface area contributed by atoms with Gasteiger partial charge in [-0.1, -0.05) is 38.1 Å². The van der Waals surface area contributed by atoms with Crippen LogP contribution in [-0.4, -0.2) is 29.2 Å². The first-order valence-electron chi connectivity index (χ1n) is 9.54. The molecular formula is C22H24FN3NaO+. The fourth-order valence-electron chi connectivity index (χ4n) is 3.47. The Kier molecular flexibility index (Phi) is 7.05. The van der Waals surface area contributed by atoms with Crippen molar-refractivity contribution in [3.63, 3.8) is 0 Å². The molecule has 4 nitrogen and oxygen atoms in total. The summed E-state index contributed by atoms with van der Waals surface area (Å²) in [6, 6.07) is 12.8. The van der Waals surface area contributed by atoms with Gasteiger partial charge < -0.3 is 10.1 Å². The van der Waals surface area contributed by atoms with Gasteiger partial charge in [-0.2, -0.15) is 0 Å². The summed E-state index contributed by atoms with van der Waals surface area (Å²) < 4.78 is 19.9. The zero-order valence-corrected chi connectivity index (χ0v) is 18.7. The molecular weight excluding hydrogens is 364 g/mol. The Morgan fingerprint density at radius 1 is 1.14 bits per heavy atom. The van der Waals surface area contributed by atoms with E-state index in [2.05, 4.69) is 24.1 Å². The molecule has 3 aromatic rings. The van der Waals surface area contributed by atoms with Gasteiger partial charge in [0.2, 0.25) is 5.95 Å². The second kappa shape index (κ2) is 9.31. The molecule has 1 fully saturated rings. The summed E-state index contributed by atoms with van der Waals surface area (Å²) in [5.41, 5.74) is 2.68. The minimum atomic E-state index is -0.218. The quantitative estimate of drug-likeness (QED) is 0.681. The average Bonchev–Trinajstić information content (AvgIpc) is 3.20. The molecule has 1 unspecified atom stereocenters. The first-order valence-corrected chi connectivity index (χ1v) is 9.54. The number of rotatable bonds is 5. The Hall–Kier alpha value is -1.53. The molecule has 28 heavy (non-hydrogen) atoms. The third-order valence-electron chi connectivity index (χ3n) is 5.00. The van der Waals surface area contributed by atoms with Gasteiger partial charge in [-0.15, -0.1) is 0 Å². The van der Waals surface area contributed by atoms with Gasteiger partial charge in [0.1, 0.15) is 5.82 Å². The molecule has 6 heteroatoms. The second-order valence-corrected chi connectivity index (χ2v) is 7.31. The summed E-state index contributed by atoms with van der Waals surface area (Å²) in [4.78, 5) is 9.39. The molecule has 140 valence electrons. The molecule has 0 saturated carbocycles. The molecule has 1 N–H and O–H groups in total. The van der Waals surface area contributed by atoms with E-state index in [-0.39, 0.29) is 47.4 Å². The summed E-state index contributed by atoms with van der Waals surface area (Å²) in [6.07, 6.45) is 2.38. The standard InChI is InChI=1S/C22H24FN3O.Na/c1-14(2)20-12-21(26-22(25-20)24-13-15-6-5-11-27-15)18-9-10-19(23)17-8-4-3-7-16(17)18;/h3-4,7-10,12,14-15H,5-6,11,13H2,1-2H3,(H,24,25,26);/q;+1. The van der Waals surface area contributed by atoms with E-state index in [1.54, 1.807) is 12.1 Å². The van der Waals surface area contributed by atoms with E-state index in [9.17, 15) is 4.39 Å². The van der Waals surface area contributed by atoms with E-state index >= 15 is 0 Å². The fourth-order valence-corrected chi connectivity index (χ4v) is 3.47. The van der Waals surface area contributed by atoms with Crippen LogP contribution in [0.4, 0.5) is 10.3 Å². The molecule has 1 atom stereocenters. The normalized spacial score (nSPS) is 16.4. The van der Waals surface area contributed by atoms with Crippen LogP contribution in [-0.2, 0) is 4.74 Å². The van der Waals surface area contributed by atoms with Gasteiger partial charge in [-0.25, -0.2) is 14.4 Å². The second-order valence-electron chi connectivity index (χ2n) is 7.31. The van der Waals surface area contributed by atoms with Crippen LogP contribution >= 0.6 is 0 Å². The van der Waals surface area contributed by atoms with Crippen LogP contribution in [0.5, 0.6) is 0 Å². The van der Waals surface area contributed by atoms with Crippen molar-refractivity contribution in [3.05, 3.63) is 54.0 Å². The van der Waals surface area contributed by atoms with Gasteiger partial charge in [0.25, 0.3) is 0 Å². The summed E-state index contributed by atoms with van der Waals surface area (Å²) in [5, 5.41) is 4.79. The van der Waals surface area contributed by atoms with Gasteiger partial charge in [-0.3, -0.25) is 0 Å². The Bertz CT molecular complexity index is 958. The average molecular weight is 388 g/mol. The van der Waals surface area contributed by atoms with Gasteiger partial charge in [0.15, 0.2) is 0 Å². The molecule has 0 spiro atoms. The van der Waals surface area contributed by atoms with Crippen molar-refractivity contribution >= 4 is 16.7 Å². The molecule has 2 aromatic carbocycles. The molecule has 0 bridgehead atoms. The van der Waals surface area contributed by atoms with Crippen LogP contribution in [0.2, 0.25) is 0 Å². The molecule has 1 aromatic heterocycles. The molecule has 4 rings (SSSR count). The molecule has 0 aliphatic carbocycles. The van der Waals surface area contributed by atoms with Crippen LogP contribution in [0.3, 0.4) is 0 Å². The monoisotopic (exact) mass is 388 g/mol. The van der Waals surface area contributed by atoms with Crippen LogP contribution in [0.25, 0.3) is 22.0 Å². The van der Waals surface area contributed by atoms with E-state index in [1.165, 1.54) is 6.07 Å². The van der Waals surface area contributed by atoms with Crippen molar-refractivity contribution in [2.45, 2.75) is 38.7 Å². The Morgan fingerprint density at radius 2 is 1.93 bits per heavy atom. The number of fused-ring (bicyclic) bond motifs is 1. The molecule has 2 heterocycles. The zero-order chi connectivity index (χ0) is 18.8. The van der Waals surface area contributed by atoms with E-state index in [0.717, 1.165) is 41.8 Å². The predicted octanol–water partition coefficient (Wildman–Crippen LogP) is 2.15. The van der Waals surface area contributed by atoms with Crippen molar-refractivity contribution in [1.82, 2.24) is 9.97 Å². The largest absolute Gasteiger partial charge is 1.00 e. The third-order valence-corrected chi connectivity index (χ3v) is 5.00. The van der Waals surface area contributed by atoms with Crippen molar-refractivity contribution < 1.29 is 38.7 Å². The van der Waals surface area contributed by atoms with Crippen molar-refractivity contribution in [3.8, 4) is 11.3 Å². The van der Waals surface area contributed by atoms with Crippen molar-refractivity contribution in [1.29, 1.82) is 0 Å². The fraction of sp³-hybridized carbons (Fsp3) is 0.364. The van der Waals surface area contributed by atoms with E-state index < -0.39 is 0 Å². The number of halogens is 1. The molecule has 1 saturated heterocycles. The zero-order valence-electron chi connectivity index (χ0n) is 16.7. The summed E-state index contributed by atoms with van der Waals surface area (Å²) >= 11 is 0. The summed E-state index contributed by atoms with van der Waals surface area (Å²) in [6.45, 7) is 5.74. The summed E-state index contributed by atoms with van der Waals surface area (Å²) in [7, 11) is 0. The van der Waals surface area contributed by atoms with Crippen molar-refractivity contribution in [2.24, 2.45) is 0 Å². The molecule has 1 aliphatic rings. The maximum absolute atomic E-state index is 14.2. The molecule has 0 amide bonds. The van der Waals surface area contributed by atoms with Gasteiger partial charge in [-0.05, 0) is 42.3 Å². The molecule has 0 radical (unpaired) electrons. The number of hydrogen-bond acceptors (Lipinski definition) is 4. The van der Waals surface area contributed by atoms with Crippen LogP contribution in [0.15, 0.2) is 42.5 Å². The number of aromatic nitrogens is 2. The number of ether oxygens (including phenoxy) is 1. The number of anilines is 1. The maximum atomic E-state index is 14.2. The Balaban J connectivity index is 0.00000225.